The normalized spacial score (nSPS) is 16.8. The van der Waals surface area contributed by atoms with Gasteiger partial charge in [-0.1, -0.05) is 0 Å². The van der Waals surface area contributed by atoms with E-state index in [1.54, 1.807) is 17.0 Å². The zero-order valence-electron chi connectivity index (χ0n) is 15.4. The zero-order valence-corrected chi connectivity index (χ0v) is 15.4. The first-order valence-electron chi connectivity index (χ1n) is 8.58. The SMILES string of the molecule is COC(=O)c1ccc(NCC(C)(C)NCC(=O)N2CCC[C@H]2C#N)nc1. The molecule has 26 heavy (non-hydrogen) atoms. The standard InChI is InChI=1S/C18H25N5O3/c1-18(2,22-11-16(24)23-8-4-5-14(23)9-19)12-21-15-7-6-13(10-20-15)17(25)26-3/h6-7,10,14,22H,4-5,8,11-12H2,1-3H3,(H,20,21)/t14-/m0/s1. The molecule has 1 aromatic heterocycles. The first kappa shape index (κ1) is 19.7. The molecule has 1 atom stereocenters. The molecule has 2 N–H and O–H groups in total. The predicted octanol–water partition coefficient (Wildman–Crippen LogP) is 1.16. The van der Waals surface area contributed by atoms with Crippen LogP contribution in [0.3, 0.4) is 0 Å². The Kier molecular flexibility index (Phi) is 6.52. The largest absolute Gasteiger partial charge is 0.465 e. The summed E-state index contributed by atoms with van der Waals surface area (Å²) in [6.45, 7) is 5.31. The average Bonchev–Trinajstić information content (AvgIpc) is 3.13. The molecule has 0 aliphatic carbocycles. The van der Waals surface area contributed by atoms with E-state index in [-0.39, 0.29) is 24.0 Å². The van der Waals surface area contributed by atoms with E-state index in [0.717, 1.165) is 12.8 Å². The number of ether oxygens (including phenoxy) is 1. The minimum atomic E-state index is -0.429. The number of aromatic nitrogens is 1. The Morgan fingerprint density at radius 3 is 2.85 bits per heavy atom. The lowest BCUT2D eigenvalue weighted by Crippen LogP contribution is -2.50. The molecule has 1 aliphatic heterocycles. The van der Waals surface area contributed by atoms with Gasteiger partial charge in [-0.2, -0.15) is 5.26 Å². The van der Waals surface area contributed by atoms with E-state index in [4.69, 9.17) is 5.26 Å². The second kappa shape index (κ2) is 8.63. The maximum Gasteiger partial charge on any atom is 0.339 e. The van der Waals surface area contributed by atoms with E-state index in [1.807, 2.05) is 13.8 Å². The Morgan fingerprint density at radius 1 is 1.46 bits per heavy atom. The highest BCUT2D eigenvalue weighted by molar-refractivity contribution is 5.89. The van der Waals surface area contributed by atoms with Crippen LogP contribution in [0.15, 0.2) is 18.3 Å². The van der Waals surface area contributed by atoms with Gasteiger partial charge in [-0.25, -0.2) is 9.78 Å². The number of nitriles is 1. The smallest absolute Gasteiger partial charge is 0.339 e. The molecule has 0 bridgehead atoms. The number of esters is 1. The van der Waals surface area contributed by atoms with Gasteiger partial charge in [0, 0.05) is 24.8 Å². The molecule has 1 saturated heterocycles. The maximum atomic E-state index is 12.3. The Hall–Kier alpha value is -2.66. The van der Waals surface area contributed by atoms with E-state index in [2.05, 4.69) is 26.4 Å². The summed E-state index contributed by atoms with van der Waals surface area (Å²) in [4.78, 5) is 29.5. The number of hydrogen-bond donors (Lipinski definition) is 2. The molecule has 1 fully saturated rings. The van der Waals surface area contributed by atoms with Crippen molar-refractivity contribution >= 4 is 17.7 Å². The highest BCUT2D eigenvalue weighted by Crippen LogP contribution is 2.16. The van der Waals surface area contributed by atoms with Crippen LogP contribution in [0.4, 0.5) is 5.82 Å². The maximum absolute atomic E-state index is 12.3. The fourth-order valence-corrected chi connectivity index (χ4v) is 2.73. The molecule has 1 aliphatic rings. The molecule has 0 aromatic carbocycles. The second-order valence-corrected chi connectivity index (χ2v) is 6.89. The number of rotatable bonds is 7. The Balaban J connectivity index is 1.82. The third-order valence-corrected chi connectivity index (χ3v) is 4.34. The van der Waals surface area contributed by atoms with Crippen LogP contribution in [0.2, 0.25) is 0 Å². The van der Waals surface area contributed by atoms with Gasteiger partial charge in [-0.3, -0.25) is 4.79 Å². The molecule has 2 rings (SSSR count). The summed E-state index contributed by atoms with van der Waals surface area (Å²) in [5.74, 6) is 0.146. The molecule has 140 valence electrons. The van der Waals surface area contributed by atoms with Gasteiger partial charge in [-0.05, 0) is 38.8 Å². The Bertz CT molecular complexity index is 681. The second-order valence-electron chi connectivity index (χ2n) is 6.89. The van der Waals surface area contributed by atoms with Gasteiger partial charge in [0.15, 0.2) is 0 Å². The summed E-state index contributed by atoms with van der Waals surface area (Å²) in [6, 6.07) is 5.22. The number of amides is 1. The lowest BCUT2D eigenvalue weighted by molar-refractivity contribution is -0.130. The summed E-state index contributed by atoms with van der Waals surface area (Å²) in [5.41, 5.74) is 0.0268. The van der Waals surface area contributed by atoms with Crippen LogP contribution in [0.25, 0.3) is 0 Å². The predicted molar refractivity (Wildman–Crippen MR) is 96.5 cm³/mol. The van der Waals surface area contributed by atoms with Crippen LogP contribution in [0.5, 0.6) is 0 Å². The third kappa shape index (κ3) is 5.17. The minimum absolute atomic E-state index is 0.0531. The van der Waals surface area contributed by atoms with E-state index in [9.17, 15) is 9.59 Å². The van der Waals surface area contributed by atoms with Crippen molar-refractivity contribution in [2.75, 3.05) is 32.1 Å². The van der Waals surface area contributed by atoms with Crippen LogP contribution in [0.1, 0.15) is 37.0 Å². The van der Waals surface area contributed by atoms with Crippen LogP contribution < -0.4 is 10.6 Å². The van der Waals surface area contributed by atoms with Crippen molar-refractivity contribution in [2.24, 2.45) is 0 Å². The zero-order chi connectivity index (χ0) is 19.2. The van der Waals surface area contributed by atoms with Crippen LogP contribution in [-0.4, -0.2) is 60.1 Å². The molecule has 1 amide bonds. The summed E-state index contributed by atoms with van der Waals surface area (Å²) in [7, 11) is 1.32. The molecule has 8 nitrogen and oxygen atoms in total. The van der Waals surface area contributed by atoms with Crippen molar-refractivity contribution in [3.63, 3.8) is 0 Å². The number of hydrogen-bond acceptors (Lipinski definition) is 7. The molecule has 0 spiro atoms. The number of nitrogens with zero attached hydrogens (tertiary/aromatic N) is 3. The van der Waals surface area contributed by atoms with Crippen molar-refractivity contribution < 1.29 is 14.3 Å². The molecule has 0 unspecified atom stereocenters. The van der Waals surface area contributed by atoms with E-state index in [1.165, 1.54) is 13.3 Å². The van der Waals surface area contributed by atoms with Gasteiger partial charge < -0.3 is 20.3 Å². The Labute approximate surface area is 153 Å². The average molecular weight is 359 g/mol. The quantitative estimate of drug-likeness (QED) is 0.704. The molecule has 2 heterocycles. The van der Waals surface area contributed by atoms with Crippen molar-refractivity contribution in [1.29, 1.82) is 5.26 Å². The number of pyridine rings is 1. The highest BCUT2D eigenvalue weighted by atomic mass is 16.5. The number of anilines is 1. The number of methoxy groups -OCH3 is 1. The topological polar surface area (TPSA) is 107 Å². The fraction of sp³-hybridized carbons (Fsp3) is 0.556. The lowest BCUT2D eigenvalue weighted by Gasteiger charge is -2.28. The lowest BCUT2D eigenvalue weighted by atomic mass is 10.1. The van der Waals surface area contributed by atoms with Crippen molar-refractivity contribution in [3.05, 3.63) is 23.9 Å². The van der Waals surface area contributed by atoms with Crippen molar-refractivity contribution in [2.45, 2.75) is 38.3 Å². The fourth-order valence-electron chi connectivity index (χ4n) is 2.73. The first-order valence-corrected chi connectivity index (χ1v) is 8.58. The van der Waals surface area contributed by atoms with Gasteiger partial charge >= 0.3 is 5.97 Å². The van der Waals surface area contributed by atoms with E-state index in [0.29, 0.717) is 24.5 Å². The third-order valence-electron chi connectivity index (χ3n) is 4.34. The molecule has 1 aromatic rings. The highest BCUT2D eigenvalue weighted by Gasteiger charge is 2.29. The number of carbonyl (C=O) groups excluding carboxylic acids is 2. The molecule has 0 radical (unpaired) electrons. The van der Waals surface area contributed by atoms with Gasteiger partial charge in [0.1, 0.15) is 11.9 Å². The monoisotopic (exact) mass is 359 g/mol. The number of likely N-dealkylation sites (tertiary alicyclic amines) is 1. The van der Waals surface area contributed by atoms with E-state index < -0.39 is 5.97 Å². The van der Waals surface area contributed by atoms with Gasteiger partial charge in [-0.15, -0.1) is 0 Å². The van der Waals surface area contributed by atoms with Crippen LogP contribution in [-0.2, 0) is 9.53 Å². The minimum Gasteiger partial charge on any atom is -0.465 e. The van der Waals surface area contributed by atoms with Crippen LogP contribution in [0, 0.1) is 11.3 Å². The molecule has 8 heteroatoms. The van der Waals surface area contributed by atoms with Crippen molar-refractivity contribution in [1.82, 2.24) is 15.2 Å². The number of carbonyl (C=O) groups is 2. The molecular weight excluding hydrogens is 334 g/mol. The number of nitrogens with one attached hydrogen (secondary N) is 2. The Morgan fingerprint density at radius 2 is 2.23 bits per heavy atom. The van der Waals surface area contributed by atoms with Crippen molar-refractivity contribution in [3.8, 4) is 6.07 Å². The van der Waals surface area contributed by atoms with Gasteiger partial charge in [0.2, 0.25) is 5.91 Å². The van der Waals surface area contributed by atoms with E-state index >= 15 is 0 Å². The van der Waals surface area contributed by atoms with Gasteiger partial charge in [0.05, 0.1) is 25.3 Å². The summed E-state index contributed by atoms with van der Waals surface area (Å²) < 4.78 is 4.64. The van der Waals surface area contributed by atoms with Crippen LogP contribution >= 0.6 is 0 Å². The first-order chi connectivity index (χ1) is 12.4. The summed E-state index contributed by atoms with van der Waals surface area (Å²) in [5, 5.41) is 15.5. The molecule has 0 saturated carbocycles. The summed E-state index contributed by atoms with van der Waals surface area (Å²) >= 11 is 0. The molecular formula is C18H25N5O3. The summed E-state index contributed by atoms with van der Waals surface area (Å²) in [6.07, 6.45) is 3.08. The van der Waals surface area contributed by atoms with Gasteiger partial charge in [0.25, 0.3) is 0 Å².